The van der Waals surface area contributed by atoms with Crippen LogP contribution in [0.25, 0.3) is 17.0 Å². The number of pyridine rings is 1. The Hall–Kier alpha value is -1.42. The smallest absolute Gasteiger partial charge is 0.0789 e. The maximum atomic E-state index is 6.20. The van der Waals surface area contributed by atoms with Gasteiger partial charge in [0.05, 0.1) is 17.1 Å². The van der Waals surface area contributed by atoms with Crippen LogP contribution in [0.1, 0.15) is 12.5 Å². The SMILES string of the molecule is COCCNC/C(C)=C/c1ccc(Cl)c2cccnc12. The van der Waals surface area contributed by atoms with Crippen LogP contribution in [0.3, 0.4) is 0 Å². The van der Waals surface area contributed by atoms with Crippen molar-refractivity contribution in [1.82, 2.24) is 10.3 Å². The van der Waals surface area contributed by atoms with Crippen molar-refractivity contribution < 1.29 is 4.74 Å². The molecule has 3 nitrogen and oxygen atoms in total. The van der Waals surface area contributed by atoms with E-state index in [1.807, 2.05) is 24.3 Å². The van der Waals surface area contributed by atoms with Gasteiger partial charge in [0, 0.05) is 37.3 Å². The van der Waals surface area contributed by atoms with Crippen molar-refractivity contribution in [3.63, 3.8) is 0 Å². The van der Waals surface area contributed by atoms with Gasteiger partial charge in [0.2, 0.25) is 0 Å². The maximum absolute atomic E-state index is 6.20. The maximum Gasteiger partial charge on any atom is 0.0789 e. The lowest BCUT2D eigenvalue weighted by atomic mass is 10.1. The fraction of sp³-hybridized carbons (Fsp3) is 0.312. The predicted octanol–water partition coefficient (Wildman–Crippen LogP) is 3.53. The zero-order valence-electron chi connectivity index (χ0n) is 11.8. The van der Waals surface area contributed by atoms with Gasteiger partial charge in [0.25, 0.3) is 0 Å². The number of nitrogens with one attached hydrogen (secondary N) is 1. The first-order valence-electron chi connectivity index (χ1n) is 6.62. The van der Waals surface area contributed by atoms with Gasteiger partial charge in [-0.25, -0.2) is 0 Å². The van der Waals surface area contributed by atoms with E-state index in [9.17, 15) is 0 Å². The zero-order valence-corrected chi connectivity index (χ0v) is 12.6. The second-order valence-corrected chi connectivity index (χ2v) is 5.10. The van der Waals surface area contributed by atoms with E-state index in [0.717, 1.165) is 41.2 Å². The highest BCUT2D eigenvalue weighted by Crippen LogP contribution is 2.26. The zero-order chi connectivity index (χ0) is 14.4. The molecule has 0 saturated carbocycles. The molecule has 0 fully saturated rings. The Kier molecular flexibility index (Phi) is 5.53. The number of fused-ring (bicyclic) bond motifs is 1. The van der Waals surface area contributed by atoms with E-state index in [-0.39, 0.29) is 0 Å². The van der Waals surface area contributed by atoms with Crippen LogP contribution >= 0.6 is 11.6 Å². The first-order valence-corrected chi connectivity index (χ1v) is 7.00. The van der Waals surface area contributed by atoms with Gasteiger partial charge in [-0.2, -0.15) is 0 Å². The van der Waals surface area contributed by atoms with Crippen molar-refractivity contribution >= 4 is 28.6 Å². The van der Waals surface area contributed by atoms with E-state index in [4.69, 9.17) is 16.3 Å². The van der Waals surface area contributed by atoms with Crippen LogP contribution in [-0.4, -0.2) is 31.8 Å². The fourth-order valence-electron chi connectivity index (χ4n) is 2.05. The lowest BCUT2D eigenvalue weighted by molar-refractivity contribution is 0.200. The van der Waals surface area contributed by atoms with Gasteiger partial charge in [-0.15, -0.1) is 0 Å². The molecule has 0 radical (unpaired) electrons. The number of aromatic nitrogens is 1. The minimum atomic E-state index is 0.721. The highest BCUT2D eigenvalue weighted by molar-refractivity contribution is 6.35. The number of nitrogens with zero attached hydrogens (tertiary/aromatic N) is 1. The molecule has 0 aliphatic carbocycles. The number of methoxy groups -OCH3 is 1. The monoisotopic (exact) mass is 290 g/mol. The highest BCUT2D eigenvalue weighted by atomic mass is 35.5. The molecule has 106 valence electrons. The van der Waals surface area contributed by atoms with E-state index in [0.29, 0.717) is 0 Å². The Morgan fingerprint density at radius 3 is 3.05 bits per heavy atom. The molecule has 0 saturated heterocycles. The van der Waals surface area contributed by atoms with Crippen LogP contribution < -0.4 is 5.32 Å². The number of halogens is 1. The van der Waals surface area contributed by atoms with Gasteiger partial charge in [-0.3, -0.25) is 4.98 Å². The highest BCUT2D eigenvalue weighted by Gasteiger charge is 2.04. The molecule has 0 aliphatic heterocycles. The molecule has 2 aromatic rings. The first-order chi connectivity index (χ1) is 9.72. The molecule has 0 bridgehead atoms. The van der Waals surface area contributed by atoms with Crippen molar-refractivity contribution in [3.05, 3.63) is 46.6 Å². The normalized spacial score (nSPS) is 12.1. The number of rotatable bonds is 6. The molecule has 0 unspecified atom stereocenters. The molecule has 0 atom stereocenters. The number of ether oxygens (including phenoxy) is 1. The van der Waals surface area contributed by atoms with Crippen LogP contribution in [-0.2, 0) is 4.74 Å². The van der Waals surface area contributed by atoms with Crippen LogP contribution in [0.4, 0.5) is 0 Å². The summed E-state index contributed by atoms with van der Waals surface area (Å²) >= 11 is 6.20. The summed E-state index contributed by atoms with van der Waals surface area (Å²) in [4.78, 5) is 4.44. The quantitative estimate of drug-likeness (QED) is 0.827. The second-order valence-electron chi connectivity index (χ2n) is 4.70. The summed E-state index contributed by atoms with van der Waals surface area (Å²) in [6.07, 6.45) is 3.94. The Bertz CT molecular complexity index is 610. The Morgan fingerprint density at radius 2 is 2.25 bits per heavy atom. The van der Waals surface area contributed by atoms with Crippen molar-refractivity contribution in [2.45, 2.75) is 6.92 Å². The fourth-order valence-corrected chi connectivity index (χ4v) is 2.27. The van der Waals surface area contributed by atoms with Crippen molar-refractivity contribution in [2.24, 2.45) is 0 Å². The summed E-state index contributed by atoms with van der Waals surface area (Å²) < 4.78 is 5.01. The van der Waals surface area contributed by atoms with Crippen LogP contribution in [0.15, 0.2) is 36.0 Å². The van der Waals surface area contributed by atoms with Crippen LogP contribution in [0, 0.1) is 0 Å². The average Bonchev–Trinajstić information content (AvgIpc) is 2.47. The van der Waals surface area contributed by atoms with E-state index in [1.54, 1.807) is 13.3 Å². The molecule has 0 aliphatic rings. The molecule has 0 spiro atoms. The second kappa shape index (κ2) is 7.39. The third-order valence-electron chi connectivity index (χ3n) is 3.04. The van der Waals surface area contributed by atoms with E-state index < -0.39 is 0 Å². The third-order valence-corrected chi connectivity index (χ3v) is 3.37. The van der Waals surface area contributed by atoms with Gasteiger partial charge in [-0.05, 0) is 25.1 Å². The van der Waals surface area contributed by atoms with Crippen LogP contribution in [0.2, 0.25) is 5.02 Å². The average molecular weight is 291 g/mol. The summed E-state index contributed by atoms with van der Waals surface area (Å²) in [5.74, 6) is 0. The lowest BCUT2D eigenvalue weighted by Crippen LogP contribution is -2.20. The molecule has 0 amide bonds. The van der Waals surface area contributed by atoms with E-state index in [2.05, 4.69) is 23.3 Å². The molecular formula is C16H19ClN2O. The molecule has 1 aromatic heterocycles. The molecule has 1 N–H and O–H groups in total. The minimum absolute atomic E-state index is 0.721. The van der Waals surface area contributed by atoms with Gasteiger partial charge in [0.1, 0.15) is 0 Å². The number of benzene rings is 1. The van der Waals surface area contributed by atoms with Gasteiger partial charge >= 0.3 is 0 Å². The van der Waals surface area contributed by atoms with Crippen LogP contribution in [0.5, 0.6) is 0 Å². The number of hydrogen-bond donors (Lipinski definition) is 1. The molecule has 2 rings (SSSR count). The summed E-state index contributed by atoms with van der Waals surface area (Å²) in [6, 6.07) is 7.83. The van der Waals surface area contributed by atoms with Gasteiger partial charge < -0.3 is 10.1 Å². The molecule has 1 aromatic carbocycles. The first kappa shape index (κ1) is 15.0. The summed E-state index contributed by atoms with van der Waals surface area (Å²) in [7, 11) is 1.70. The topological polar surface area (TPSA) is 34.1 Å². The van der Waals surface area contributed by atoms with Crippen molar-refractivity contribution in [3.8, 4) is 0 Å². The Balaban J connectivity index is 2.18. The number of hydrogen-bond acceptors (Lipinski definition) is 3. The Morgan fingerprint density at radius 1 is 1.40 bits per heavy atom. The molecule has 20 heavy (non-hydrogen) atoms. The predicted molar refractivity (Wildman–Crippen MR) is 85.1 cm³/mol. The van der Waals surface area contributed by atoms with Gasteiger partial charge in [-0.1, -0.05) is 29.3 Å². The van der Waals surface area contributed by atoms with Gasteiger partial charge in [0.15, 0.2) is 0 Å². The van der Waals surface area contributed by atoms with Crippen molar-refractivity contribution in [2.75, 3.05) is 26.8 Å². The summed E-state index contributed by atoms with van der Waals surface area (Å²) in [5.41, 5.74) is 3.28. The lowest BCUT2D eigenvalue weighted by Gasteiger charge is -2.07. The minimum Gasteiger partial charge on any atom is -0.383 e. The molecular weight excluding hydrogens is 272 g/mol. The standard InChI is InChI=1S/C16H19ClN2O/c1-12(11-18-8-9-20-2)10-13-5-6-15(17)14-4-3-7-19-16(13)14/h3-7,10,18H,8-9,11H2,1-2H3/b12-10+. The Labute approximate surface area is 124 Å². The summed E-state index contributed by atoms with van der Waals surface area (Å²) in [5, 5.41) is 5.05. The largest absolute Gasteiger partial charge is 0.383 e. The molecule has 4 heteroatoms. The molecule has 1 heterocycles. The van der Waals surface area contributed by atoms with E-state index >= 15 is 0 Å². The van der Waals surface area contributed by atoms with E-state index in [1.165, 1.54) is 5.57 Å². The van der Waals surface area contributed by atoms with Crippen molar-refractivity contribution in [1.29, 1.82) is 0 Å². The third kappa shape index (κ3) is 3.79. The summed E-state index contributed by atoms with van der Waals surface area (Å²) in [6.45, 7) is 4.50.